The van der Waals surface area contributed by atoms with Crippen LogP contribution in [0.2, 0.25) is 0 Å². The van der Waals surface area contributed by atoms with Crippen molar-refractivity contribution >= 4 is 11.9 Å². The Balaban J connectivity index is 0.000000366. The van der Waals surface area contributed by atoms with Crippen LogP contribution in [0.25, 0.3) is 22.4 Å². The number of benzene rings is 2. The van der Waals surface area contributed by atoms with Crippen LogP contribution in [0.1, 0.15) is 6.42 Å². The average molecular weight is 421 g/mol. The molecule has 0 aliphatic heterocycles. The highest BCUT2D eigenvalue weighted by Gasteiger charge is 2.12. The van der Waals surface area contributed by atoms with Crippen molar-refractivity contribution in [2.24, 2.45) is 0 Å². The molecule has 0 unspecified atom stereocenters. The van der Waals surface area contributed by atoms with Crippen molar-refractivity contribution in [1.29, 1.82) is 0 Å². The van der Waals surface area contributed by atoms with Crippen molar-refractivity contribution in [3.05, 3.63) is 79.0 Å². The van der Waals surface area contributed by atoms with Gasteiger partial charge in [-0.1, -0.05) is 60.7 Å². The van der Waals surface area contributed by atoms with E-state index in [1.165, 1.54) is 11.1 Å². The SMILES string of the molecule is CN(C)CCCn1cc(-c2ccccc2)c(-c2ccccc2)n1.O=C(O)/C=C/C(=O)O. The highest BCUT2D eigenvalue weighted by atomic mass is 16.4. The maximum atomic E-state index is 9.55. The molecule has 0 spiro atoms. The number of rotatable bonds is 8. The molecule has 2 N–H and O–H groups in total. The summed E-state index contributed by atoms with van der Waals surface area (Å²) in [5, 5.41) is 20.5. The third-order valence-corrected chi connectivity index (χ3v) is 4.25. The van der Waals surface area contributed by atoms with E-state index >= 15 is 0 Å². The Labute approximate surface area is 181 Å². The number of hydrogen-bond donors (Lipinski definition) is 2. The second-order valence-electron chi connectivity index (χ2n) is 7.05. The number of carboxylic acid groups (broad SMARTS) is 2. The van der Waals surface area contributed by atoms with Gasteiger partial charge in [-0.05, 0) is 32.6 Å². The second kappa shape index (κ2) is 12.1. The maximum absolute atomic E-state index is 9.55. The molecule has 1 heterocycles. The van der Waals surface area contributed by atoms with Gasteiger partial charge < -0.3 is 15.1 Å². The number of nitrogens with zero attached hydrogens (tertiary/aromatic N) is 3. The molecule has 0 aliphatic carbocycles. The molecule has 0 aliphatic rings. The standard InChI is InChI=1S/C20H23N3.C4H4O4/c1-22(2)14-9-15-23-16-19(17-10-5-3-6-11-17)20(21-23)18-12-7-4-8-13-18;5-3(6)1-2-4(7)8/h3-8,10-13,16H,9,14-15H2,1-2H3;1-2H,(H,5,6)(H,7,8)/b;2-1+. The van der Waals surface area contributed by atoms with Crippen molar-refractivity contribution in [3.8, 4) is 22.4 Å². The number of aliphatic carboxylic acids is 2. The summed E-state index contributed by atoms with van der Waals surface area (Å²) in [6, 6.07) is 20.9. The van der Waals surface area contributed by atoms with Crippen molar-refractivity contribution < 1.29 is 19.8 Å². The van der Waals surface area contributed by atoms with E-state index in [9.17, 15) is 9.59 Å². The highest BCUT2D eigenvalue weighted by Crippen LogP contribution is 2.30. The Morgan fingerprint density at radius 3 is 1.90 bits per heavy atom. The fraction of sp³-hybridized carbons (Fsp3) is 0.208. The second-order valence-corrected chi connectivity index (χ2v) is 7.05. The van der Waals surface area contributed by atoms with Gasteiger partial charge in [0, 0.05) is 36.0 Å². The quantitative estimate of drug-likeness (QED) is 0.536. The first-order valence-electron chi connectivity index (χ1n) is 9.83. The van der Waals surface area contributed by atoms with Gasteiger partial charge in [-0.15, -0.1) is 0 Å². The molecule has 3 rings (SSSR count). The molecular weight excluding hydrogens is 394 g/mol. The fourth-order valence-electron chi connectivity index (χ4n) is 2.87. The number of carboxylic acids is 2. The summed E-state index contributed by atoms with van der Waals surface area (Å²) in [6.07, 6.45) is 4.38. The minimum atomic E-state index is -1.26. The van der Waals surface area contributed by atoms with E-state index in [1.54, 1.807) is 0 Å². The summed E-state index contributed by atoms with van der Waals surface area (Å²) >= 11 is 0. The molecule has 0 atom stereocenters. The molecule has 7 heteroatoms. The lowest BCUT2D eigenvalue weighted by atomic mass is 10.0. The van der Waals surface area contributed by atoms with Gasteiger partial charge in [-0.25, -0.2) is 9.59 Å². The first kappa shape index (κ1) is 23.6. The van der Waals surface area contributed by atoms with Crippen molar-refractivity contribution in [2.45, 2.75) is 13.0 Å². The zero-order chi connectivity index (χ0) is 22.6. The first-order chi connectivity index (χ1) is 14.9. The molecule has 162 valence electrons. The van der Waals surface area contributed by atoms with Gasteiger partial charge in [-0.2, -0.15) is 5.10 Å². The summed E-state index contributed by atoms with van der Waals surface area (Å²) in [5.41, 5.74) is 4.63. The van der Waals surface area contributed by atoms with E-state index in [0.29, 0.717) is 12.2 Å². The number of carbonyl (C=O) groups is 2. The van der Waals surface area contributed by atoms with Gasteiger partial charge in [0.15, 0.2) is 0 Å². The number of aryl methyl sites for hydroxylation is 1. The number of aromatic nitrogens is 2. The van der Waals surface area contributed by atoms with Gasteiger partial charge in [-0.3, -0.25) is 4.68 Å². The maximum Gasteiger partial charge on any atom is 0.328 e. The van der Waals surface area contributed by atoms with Crippen LogP contribution in [-0.4, -0.2) is 57.5 Å². The molecule has 0 radical (unpaired) electrons. The first-order valence-corrected chi connectivity index (χ1v) is 9.83. The fourth-order valence-corrected chi connectivity index (χ4v) is 2.87. The minimum Gasteiger partial charge on any atom is -0.478 e. The Kier molecular flexibility index (Phi) is 9.19. The molecule has 0 saturated heterocycles. The van der Waals surface area contributed by atoms with E-state index in [2.05, 4.69) is 78.4 Å². The van der Waals surface area contributed by atoms with Crippen molar-refractivity contribution in [2.75, 3.05) is 20.6 Å². The lowest BCUT2D eigenvalue weighted by Crippen LogP contribution is -2.15. The van der Waals surface area contributed by atoms with Crippen LogP contribution in [0.15, 0.2) is 79.0 Å². The topological polar surface area (TPSA) is 95.7 Å². The molecule has 2 aromatic carbocycles. The molecule has 0 bridgehead atoms. The summed E-state index contributed by atoms with van der Waals surface area (Å²) in [6.45, 7) is 2.01. The molecular formula is C24H27N3O4. The summed E-state index contributed by atoms with van der Waals surface area (Å²) in [4.78, 5) is 21.3. The average Bonchev–Trinajstić information content (AvgIpc) is 3.18. The van der Waals surface area contributed by atoms with Gasteiger partial charge in [0.25, 0.3) is 0 Å². The molecule has 31 heavy (non-hydrogen) atoms. The van der Waals surface area contributed by atoms with E-state index in [4.69, 9.17) is 15.3 Å². The van der Waals surface area contributed by atoms with Crippen molar-refractivity contribution in [3.63, 3.8) is 0 Å². The molecule has 0 fully saturated rings. The van der Waals surface area contributed by atoms with Crippen LogP contribution in [0.5, 0.6) is 0 Å². The predicted octanol–water partition coefficient (Wildman–Crippen LogP) is 3.88. The van der Waals surface area contributed by atoms with Crippen molar-refractivity contribution in [1.82, 2.24) is 14.7 Å². The summed E-state index contributed by atoms with van der Waals surface area (Å²) in [7, 11) is 4.21. The van der Waals surface area contributed by atoms with Gasteiger partial charge in [0.2, 0.25) is 0 Å². The molecule has 7 nitrogen and oxygen atoms in total. The van der Waals surface area contributed by atoms with Crippen LogP contribution in [0.3, 0.4) is 0 Å². The minimum absolute atomic E-state index is 0.558. The van der Waals surface area contributed by atoms with Crippen LogP contribution in [-0.2, 0) is 16.1 Å². The largest absolute Gasteiger partial charge is 0.478 e. The zero-order valence-electron chi connectivity index (χ0n) is 17.7. The predicted molar refractivity (Wildman–Crippen MR) is 121 cm³/mol. The van der Waals surface area contributed by atoms with Crippen LogP contribution < -0.4 is 0 Å². The van der Waals surface area contributed by atoms with Gasteiger partial charge >= 0.3 is 11.9 Å². The van der Waals surface area contributed by atoms with E-state index in [0.717, 1.165) is 30.8 Å². The lowest BCUT2D eigenvalue weighted by molar-refractivity contribution is -0.134. The normalized spacial score (nSPS) is 10.7. The highest BCUT2D eigenvalue weighted by molar-refractivity contribution is 5.89. The molecule has 3 aromatic rings. The Morgan fingerprint density at radius 1 is 0.903 bits per heavy atom. The molecule has 0 saturated carbocycles. The molecule has 0 amide bonds. The molecule has 1 aromatic heterocycles. The summed E-state index contributed by atoms with van der Waals surface area (Å²) in [5.74, 6) is -2.51. The van der Waals surface area contributed by atoms with Crippen LogP contribution in [0.4, 0.5) is 0 Å². The Bertz CT molecular complexity index is 923. The van der Waals surface area contributed by atoms with E-state index in [1.807, 2.05) is 12.1 Å². The van der Waals surface area contributed by atoms with Crippen LogP contribution >= 0.6 is 0 Å². The third-order valence-electron chi connectivity index (χ3n) is 4.25. The Morgan fingerprint density at radius 2 is 1.42 bits per heavy atom. The van der Waals surface area contributed by atoms with E-state index in [-0.39, 0.29) is 0 Å². The van der Waals surface area contributed by atoms with Gasteiger partial charge in [0.05, 0.1) is 0 Å². The van der Waals surface area contributed by atoms with Crippen LogP contribution in [0, 0.1) is 0 Å². The third kappa shape index (κ3) is 8.28. The van der Waals surface area contributed by atoms with Gasteiger partial charge in [0.1, 0.15) is 5.69 Å². The van der Waals surface area contributed by atoms with E-state index < -0.39 is 11.9 Å². The number of hydrogen-bond acceptors (Lipinski definition) is 4. The Hall–Kier alpha value is -3.71. The summed E-state index contributed by atoms with van der Waals surface area (Å²) < 4.78 is 2.08. The zero-order valence-corrected chi connectivity index (χ0v) is 17.7. The monoisotopic (exact) mass is 421 g/mol. The lowest BCUT2D eigenvalue weighted by Gasteiger charge is -2.08. The smallest absolute Gasteiger partial charge is 0.328 e.